The van der Waals surface area contributed by atoms with Crippen LogP contribution < -0.4 is 9.47 Å². The maximum atomic E-state index is 5.95. The SMILES string of the molecule is CC(C)(C)c1ccc(-c2cc3nc(c2)-c2cc(-c4ccc(C(C)(C)C)cc4)cc(n2)-c2ccc(cc2)N=Nc2ccc(cc2)OCCOCCOCCOCCOCCOCCCCc2ccc(nc2)-c2ccc(cn2)CCCCOCCOCCOCCOCCOCCOc2ccc(cc2)N=Nc2ccc-3cc2)cc1. The zero-order valence-electron chi connectivity index (χ0n) is 65.9. The van der Waals surface area contributed by atoms with Crippen LogP contribution in [0.1, 0.15) is 89.5 Å². The van der Waals surface area contributed by atoms with Gasteiger partial charge in [0.05, 0.1) is 176 Å². The second kappa shape index (κ2) is 45.1. The summed E-state index contributed by atoms with van der Waals surface area (Å²) in [6.07, 6.45) is 9.75. The fourth-order valence-corrected chi connectivity index (χ4v) is 12.0. The Morgan fingerprint density at radius 2 is 0.500 bits per heavy atom. The zero-order chi connectivity index (χ0) is 77.7. The van der Waals surface area contributed by atoms with E-state index in [1.54, 1.807) is 0 Å². The minimum Gasteiger partial charge on any atom is -0.491 e. The Kier molecular flexibility index (Phi) is 33.5. The molecular formula is C92H108N8O12. The van der Waals surface area contributed by atoms with Crippen molar-refractivity contribution in [2.75, 3.05) is 145 Å². The summed E-state index contributed by atoms with van der Waals surface area (Å²) in [5.74, 6) is 1.42. The Hall–Kier alpha value is -9.68. The molecule has 112 heavy (non-hydrogen) atoms. The number of benzene rings is 6. The van der Waals surface area contributed by atoms with Gasteiger partial charge in [0.1, 0.15) is 24.7 Å². The van der Waals surface area contributed by atoms with Crippen molar-refractivity contribution in [2.45, 2.75) is 90.9 Å². The molecule has 0 saturated carbocycles. The van der Waals surface area contributed by atoms with Crippen LogP contribution in [0.3, 0.4) is 0 Å². The van der Waals surface area contributed by atoms with E-state index in [-0.39, 0.29) is 10.8 Å². The van der Waals surface area contributed by atoms with Gasteiger partial charge in [-0.05, 0) is 203 Å². The smallest absolute Gasteiger partial charge is 0.119 e. The molecular weight excluding hydrogens is 1410 g/mol. The van der Waals surface area contributed by atoms with Gasteiger partial charge < -0.3 is 56.8 Å². The Morgan fingerprint density at radius 3 is 0.786 bits per heavy atom. The molecule has 17 rings (SSSR count). The second-order valence-electron chi connectivity index (χ2n) is 29.2. The number of ether oxygens (including phenoxy) is 12. The third-order valence-corrected chi connectivity index (χ3v) is 18.5. The summed E-state index contributed by atoms with van der Waals surface area (Å²) in [7, 11) is 0. The number of fused-ring (bicyclic) bond motifs is 6. The molecule has 0 unspecified atom stereocenters. The highest BCUT2D eigenvalue weighted by Gasteiger charge is 2.19. The number of aryl methyl sites for hydroxylation is 2. The maximum absolute atomic E-state index is 5.95. The van der Waals surface area contributed by atoms with Gasteiger partial charge in [0.2, 0.25) is 0 Å². The molecule has 6 aromatic carbocycles. The Morgan fingerprint density at radius 1 is 0.232 bits per heavy atom. The average molecular weight is 1520 g/mol. The molecule has 16 bridgehead atoms. The van der Waals surface area contributed by atoms with Gasteiger partial charge in [0.25, 0.3) is 0 Å². The van der Waals surface area contributed by atoms with Gasteiger partial charge in [-0.15, -0.1) is 0 Å². The second-order valence-corrected chi connectivity index (χ2v) is 29.2. The predicted octanol–water partition coefficient (Wildman–Crippen LogP) is 20.0. The molecule has 0 fully saturated rings. The van der Waals surface area contributed by atoms with E-state index in [2.05, 4.69) is 159 Å². The standard InChI is InChI=1S/C92H108N8O12/c1-91(2,3)77-23-15-71(16-24-77)75-63-87-73-19-27-79(28-20-73)97-99-81-31-35-83(36-32-81)111-61-59-109-57-55-107-53-51-105-49-47-103-45-43-101-41-9-7-11-69-13-39-85(93-67-69)86-40-14-70(68-94-86)12-8-10-42-102-44-46-104-48-50-106-52-54-108-56-58-110-60-62-112-84-37-33-82(34-38-84)100-98-80-29-21-74(22-30-80)88-64-76(66-90(96-88)89(65-75)95-87)72-17-25-78(26-18-72)92(4,5)6/h13-40,63-68H,7-12,41-62H2,1-6H3. The molecule has 20 nitrogen and oxygen atoms in total. The predicted molar refractivity (Wildman–Crippen MR) is 440 cm³/mol. The van der Waals surface area contributed by atoms with Crippen LogP contribution in [0.15, 0.2) is 227 Å². The van der Waals surface area contributed by atoms with Crippen LogP contribution in [0, 0.1) is 0 Å². The van der Waals surface area contributed by atoms with Crippen molar-refractivity contribution in [3.63, 3.8) is 0 Å². The Labute approximate surface area is 660 Å². The van der Waals surface area contributed by atoms with Crippen LogP contribution in [0.5, 0.6) is 11.5 Å². The van der Waals surface area contributed by atoms with E-state index in [1.165, 1.54) is 22.3 Å². The highest BCUT2D eigenvalue weighted by Crippen LogP contribution is 2.37. The van der Waals surface area contributed by atoms with Crippen LogP contribution in [0.4, 0.5) is 22.7 Å². The first-order chi connectivity index (χ1) is 54.8. The van der Waals surface area contributed by atoms with Crippen LogP contribution in [0.25, 0.3) is 67.5 Å². The number of hydrogen-bond donors (Lipinski definition) is 0. The van der Waals surface area contributed by atoms with Gasteiger partial charge >= 0.3 is 0 Å². The third kappa shape index (κ3) is 28.5. The largest absolute Gasteiger partial charge is 0.491 e. The number of aromatic nitrogens is 4. The van der Waals surface area contributed by atoms with Crippen molar-refractivity contribution >= 4 is 22.7 Å². The molecule has 4 aromatic heterocycles. The highest BCUT2D eigenvalue weighted by atomic mass is 16.6. The Bertz CT molecular complexity index is 4140. The average Bonchev–Trinajstić information content (AvgIpc) is 0.780. The lowest BCUT2D eigenvalue weighted by Gasteiger charge is -2.19. The number of rotatable bonds is 2. The first-order valence-electron chi connectivity index (χ1n) is 39.3. The number of azo groups is 2. The Balaban J connectivity index is 0.691. The lowest BCUT2D eigenvalue weighted by Crippen LogP contribution is -2.14. The van der Waals surface area contributed by atoms with Crippen LogP contribution in [-0.2, 0) is 71.0 Å². The van der Waals surface area contributed by atoms with Crippen molar-refractivity contribution in [3.05, 3.63) is 229 Å². The lowest BCUT2D eigenvalue weighted by atomic mass is 9.86. The molecule has 0 spiro atoms. The molecule has 20 heteroatoms. The van der Waals surface area contributed by atoms with E-state index >= 15 is 0 Å². The quantitative estimate of drug-likeness (QED) is 0.157. The van der Waals surface area contributed by atoms with E-state index in [1.807, 2.05) is 109 Å². The third-order valence-electron chi connectivity index (χ3n) is 18.5. The van der Waals surface area contributed by atoms with Gasteiger partial charge in [-0.2, -0.15) is 20.5 Å². The summed E-state index contributed by atoms with van der Waals surface area (Å²) in [6.45, 7) is 24.3. The van der Waals surface area contributed by atoms with E-state index in [0.717, 1.165) is 106 Å². The summed E-state index contributed by atoms with van der Waals surface area (Å²) in [4.78, 5) is 20.2. The van der Waals surface area contributed by atoms with E-state index in [9.17, 15) is 0 Å². The van der Waals surface area contributed by atoms with E-state index in [0.29, 0.717) is 180 Å². The van der Waals surface area contributed by atoms with Crippen molar-refractivity contribution in [3.8, 4) is 79.0 Å². The maximum Gasteiger partial charge on any atom is 0.119 e. The summed E-state index contributed by atoms with van der Waals surface area (Å²) in [6, 6.07) is 65.7. The molecule has 7 aliphatic rings. The molecule has 588 valence electrons. The van der Waals surface area contributed by atoms with Gasteiger partial charge in [0.15, 0.2) is 0 Å². The van der Waals surface area contributed by atoms with Crippen molar-refractivity contribution in [1.29, 1.82) is 0 Å². The fraction of sp³-hybridized carbons (Fsp3) is 0.391. The molecule has 10 aromatic rings. The van der Waals surface area contributed by atoms with Gasteiger partial charge in [-0.1, -0.05) is 126 Å². The van der Waals surface area contributed by atoms with Crippen molar-refractivity contribution in [2.24, 2.45) is 20.5 Å². The van der Waals surface area contributed by atoms with Gasteiger partial charge in [-0.3, -0.25) is 9.97 Å². The van der Waals surface area contributed by atoms with Crippen LogP contribution in [0.2, 0.25) is 0 Å². The molecule has 7 aliphatic heterocycles. The zero-order valence-corrected chi connectivity index (χ0v) is 65.9. The van der Waals surface area contributed by atoms with Crippen LogP contribution >= 0.6 is 0 Å². The van der Waals surface area contributed by atoms with Crippen LogP contribution in [-0.4, -0.2) is 165 Å². The minimum atomic E-state index is -0.00758. The summed E-state index contributed by atoms with van der Waals surface area (Å²) in [5, 5.41) is 18.3. The van der Waals surface area contributed by atoms with Gasteiger partial charge in [0, 0.05) is 36.7 Å². The molecule has 0 radical (unpaired) electrons. The molecule has 0 aliphatic carbocycles. The number of nitrogens with zero attached hydrogens (tertiary/aromatic N) is 8. The molecule has 0 amide bonds. The van der Waals surface area contributed by atoms with Crippen molar-refractivity contribution < 1.29 is 56.8 Å². The number of pyridine rings is 4. The summed E-state index contributed by atoms with van der Waals surface area (Å²) < 4.78 is 69.1. The fourth-order valence-electron chi connectivity index (χ4n) is 12.0. The topological polar surface area (TPSA) is 212 Å². The highest BCUT2D eigenvalue weighted by molar-refractivity contribution is 5.80. The lowest BCUT2D eigenvalue weighted by molar-refractivity contribution is -0.0128. The molecule has 0 saturated heterocycles. The first-order valence-corrected chi connectivity index (χ1v) is 39.3. The van der Waals surface area contributed by atoms with E-state index in [4.69, 9.17) is 76.8 Å². The number of hydrogen-bond acceptors (Lipinski definition) is 20. The van der Waals surface area contributed by atoms with Gasteiger partial charge in [-0.25, -0.2) is 9.97 Å². The van der Waals surface area contributed by atoms with Crippen molar-refractivity contribution in [1.82, 2.24) is 19.9 Å². The normalized spacial score (nSPS) is 16.3. The summed E-state index contributed by atoms with van der Waals surface area (Å²) >= 11 is 0. The molecule has 11 heterocycles. The molecule has 0 atom stereocenters. The first kappa shape index (κ1) is 83.3. The minimum absolute atomic E-state index is 0.00758. The monoisotopic (exact) mass is 1520 g/mol. The summed E-state index contributed by atoms with van der Waals surface area (Å²) in [5.41, 5.74) is 18.5. The van der Waals surface area contributed by atoms with E-state index < -0.39 is 0 Å². The molecule has 0 N–H and O–H groups in total.